The van der Waals surface area contributed by atoms with Crippen molar-refractivity contribution in [1.29, 1.82) is 0 Å². The third-order valence-electron chi connectivity index (χ3n) is 12.2. The second kappa shape index (κ2) is 16.3. The molecular formula is C57H51NO. The highest BCUT2D eigenvalue weighted by Gasteiger charge is 2.33. The average Bonchev–Trinajstić information content (AvgIpc) is 3.65. The van der Waals surface area contributed by atoms with E-state index in [1.165, 1.54) is 61.0 Å². The molecule has 0 radical (unpaired) electrons. The molecule has 1 aromatic heterocycles. The van der Waals surface area contributed by atoms with Gasteiger partial charge in [-0.25, -0.2) is 0 Å². The summed E-state index contributed by atoms with van der Waals surface area (Å²) in [5, 5.41) is 1.19. The van der Waals surface area contributed by atoms with E-state index in [0.717, 1.165) is 47.7 Å². The molecule has 0 unspecified atom stereocenters. The predicted molar refractivity (Wildman–Crippen MR) is 251 cm³/mol. The maximum absolute atomic E-state index is 7.02. The predicted octanol–water partition coefficient (Wildman–Crippen LogP) is 15.9. The molecule has 6 aromatic carbocycles. The maximum atomic E-state index is 7.02. The molecule has 2 heteroatoms. The van der Waals surface area contributed by atoms with Crippen molar-refractivity contribution < 1.29 is 4.42 Å². The number of furan rings is 1. The Bertz CT molecular complexity index is 2770. The van der Waals surface area contributed by atoms with Gasteiger partial charge in [0.15, 0.2) is 0 Å². The third kappa shape index (κ3) is 7.59. The first-order valence-corrected chi connectivity index (χ1v) is 21.0. The van der Waals surface area contributed by atoms with Crippen molar-refractivity contribution >= 4 is 27.9 Å². The van der Waals surface area contributed by atoms with Crippen molar-refractivity contribution in [3.8, 4) is 33.4 Å². The summed E-state index contributed by atoms with van der Waals surface area (Å²) in [6, 6.07) is 54.7. The molecule has 9 rings (SSSR count). The molecule has 1 heterocycles. The molecule has 0 bridgehead atoms. The Morgan fingerprint density at radius 2 is 1.29 bits per heavy atom. The second-order valence-electron chi connectivity index (χ2n) is 16.6. The van der Waals surface area contributed by atoms with E-state index in [4.69, 9.17) is 4.42 Å². The number of allylic oxidation sites excluding steroid dienone is 9. The van der Waals surface area contributed by atoms with E-state index < -0.39 is 0 Å². The Morgan fingerprint density at radius 3 is 2.05 bits per heavy atom. The number of anilines is 2. The minimum absolute atomic E-state index is 0.190. The van der Waals surface area contributed by atoms with Gasteiger partial charge >= 0.3 is 0 Å². The lowest BCUT2D eigenvalue weighted by atomic mass is 9.71. The van der Waals surface area contributed by atoms with E-state index >= 15 is 0 Å². The topological polar surface area (TPSA) is 16.4 Å². The van der Waals surface area contributed by atoms with Crippen LogP contribution in [0, 0.1) is 18.3 Å². The first-order valence-electron chi connectivity index (χ1n) is 21.0. The van der Waals surface area contributed by atoms with Crippen LogP contribution < -0.4 is 4.90 Å². The quantitative estimate of drug-likeness (QED) is 0.168. The molecule has 0 aliphatic heterocycles. The Balaban J connectivity index is 1.19. The van der Waals surface area contributed by atoms with Gasteiger partial charge < -0.3 is 9.32 Å². The van der Waals surface area contributed by atoms with Crippen LogP contribution in [0.2, 0.25) is 0 Å². The van der Waals surface area contributed by atoms with Gasteiger partial charge in [0.1, 0.15) is 11.3 Å². The fourth-order valence-corrected chi connectivity index (χ4v) is 9.27. The van der Waals surface area contributed by atoms with E-state index in [0.29, 0.717) is 0 Å². The van der Waals surface area contributed by atoms with Crippen molar-refractivity contribution in [2.45, 2.75) is 47.0 Å². The first-order chi connectivity index (χ1) is 28.9. The molecule has 59 heavy (non-hydrogen) atoms. The van der Waals surface area contributed by atoms with Gasteiger partial charge in [0, 0.05) is 27.9 Å². The van der Waals surface area contributed by atoms with Crippen LogP contribution in [-0.2, 0) is 6.42 Å². The molecule has 2 aliphatic carbocycles. The number of rotatable bonds is 6. The zero-order valence-corrected chi connectivity index (χ0v) is 34.5. The van der Waals surface area contributed by atoms with Crippen molar-refractivity contribution in [2.24, 2.45) is 11.3 Å². The Kier molecular flexibility index (Phi) is 10.5. The molecule has 0 amide bonds. The van der Waals surface area contributed by atoms with Crippen LogP contribution in [0.1, 0.15) is 50.5 Å². The third-order valence-corrected chi connectivity index (χ3v) is 12.2. The molecule has 1 atom stereocenters. The van der Waals surface area contributed by atoms with E-state index in [1.807, 2.05) is 0 Å². The number of nitrogens with zero attached hydrogens (tertiary/aromatic N) is 1. The lowest BCUT2D eigenvalue weighted by Crippen LogP contribution is -2.22. The van der Waals surface area contributed by atoms with Crippen LogP contribution in [0.3, 0.4) is 0 Å². The zero-order valence-electron chi connectivity index (χ0n) is 34.5. The molecule has 7 aromatic rings. The number of hydrogen-bond donors (Lipinski definition) is 0. The number of benzene rings is 6. The number of para-hydroxylation sites is 1. The summed E-state index contributed by atoms with van der Waals surface area (Å²) in [6.45, 7) is 9.38. The van der Waals surface area contributed by atoms with Gasteiger partial charge in [0.25, 0.3) is 0 Å². The molecule has 0 fully saturated rings. The fraction of sp³-hybridized carbons (Fsp3) is 0.158. The summed E-state index contributed by atoms with van der Waals surface area (Å²) in [7, 11) is 0. The lowest BCUT2D eigenvalue weighted by Gasteiger charge is -2.34. The van der Waals surface area contributed by atoms with E-state index in [1.54, 1.807) is 0 Å². The Hall–Kier alpha value is -6.64. The Labute approximate surface area is 349 Å². The molecule has 2 aliphatic rings. The van der Waals surface area contributed by atoms with Gasteiger partial charge in [-0.15, -0.1) is 0 Å². The summed E-state index contributed by atoms with van der Waals surface area (Å²) in [5.74, 6) is 1.22. The van der Waals surface area contributed by atoms with Gasteiger partial charge in [0.05, 0.1) is 5.69 Å². The molecule has 0 spiro atoms. The number of fused-ring (bicyclic) bond motifs is 4. The summed E-state index contributed by atoms with van der Waals surface area (Å²) in [5.41, 5.74) is 16.7. The maximum Gasteiger partial charge on any atom is 0.135 e. The summed E-state index contributed by atoms with van der Waals surface area (Å²) in [4.78, 5) is 2.46. The van der Waals surface area contributed by atoms with Gasteiger partial charge in [-0.3, -0.25) is 0 Å². The van der Waals surface area contributed by atoms with Gasteiger partial charge in [-0.2, -0.15) is 0 Å². The minimum Gasteiger partial charge on any atom is -0.456 e. The van der Waals surface area contributed by atoms with Crippen molar-refractivity contribution in [3.05, 3.63) is 222 Å². The van der Waals surface area contributed by atoms with Crippen LogP contribution in [0.4, 0.5) is 11.4 Å². The van der Waals surface area contributed by atoms with Crippen LogP contribution >= 0.6 is 0 Å². The van der Waals surface area contributed by atoms with Gasteiger partial charge in [-0.1, -0.05) is 184 Å². The largest absolute Gasteiger partial charge is 0.456 e. The second-order valence-corrected chi connectivity index (χ2v) is 16.6. The van der Waals surface area contributed by atoms with Crippen molar-refractivity contribution in [3.63, 3.8) is 0 Å². The highest BCUT2D eigenvalue weighted by molar-refractivity contribution is 5.92. The molecule has 0 N–H and O–H groups in total. The first kappa shape index (κ1) is 37.9. The smallest absolute Gasteiger partial charge is 0.135 e. The standard InChI is InChI=1S/C57H51NO/c1-40-19-14-15-26-48(40)44-31-34-47(35-32-44)58(53-30-17-16-27-49(53)43-23-11-7-12-24-43)46-25-18-29-51-55(57(3,4)38-37-46)41(2)20-8-5-13-28-50-52-39-45(42-21-9-6-10-22-42)33-36-54(52)59-56(50)51/h5-27,30-37,39,41H,28-29,38H2,1-4H3/b13-5-,20-8-,25-18?,46-37?,55-51+/t41-/m0/s1. The van der Waals surface area contributed by atoms with E-state index in [2.05, 4.69) is 227 Å². The number of aryl methyl sites for hydroxylation is 1. The van der Waals surface area contributed by atoms with Crippen molar-refractivity contribution in [1.82, 2.24) is 0 Å². The molecule has 290 valence electrons. The van der Waals surface area contributed by atoms with Gasteiger partial charge in [0.2, 0.25) is 0 Å². The highest BCUT2D eigenvalue weighted by Crippen LogP contribution is 2.48. The molecule has 0 saturated heterocycles. The van der Waals surface area contributed by atoms with Crippen molar-refractivity contribution in [2.75, 3.05) is 4.90 Å². The molecule has 2 nitrogen and oxygen atoms in total. The van der Waals surface area contributed by atoms with Crippen LogP contribution in [0.25, 0.3) is 49.9 Å². The van der Waals surface area contributed by atoms with Crippen LogP contribution in [-0.4, -0.2) is 0 Å². The van der Waals surface area contributed by atoms with Crippen LogP contribution in [0.15, 0.2) is 210 Å². The fourth-order valence-electron chi connectivity index (χ4n) is 9.27. The average molecular weight is 766 g/mol. The Morgan fingerprint density at radius 1 is 0.627 bits per heavy atom. The summed E-state index contributed by atoms with van der Waals surface area (Å²) in [6.07, 6.45) is 18.6. The summed E-state index contributed by atoms with van der Waals surface area (Å²) < 4.78 is 7.02. The van der Waals surface area contributed by atoms with Gasteiger partial charge in [-0.05, 0) is 113 Å². The monoisotopic (exact) mass is 765 g/mol. The molecule has 0 saturated carbocycles. The SMILES string of the molecule is Cc1ccccc1-c1ccc(N(C2=CCC(C)(C)/C3=C(\CC=C2)c2oc4ccc(-c5ccccc5)cc4c2C/C=C\C=C/[C@@H]3C)c2ccccc2-c2ccccc2)cc1. The van der Waals surface area contributed by atoms with Crippen LogP contribution in [0.5, 0.6) is 0 Å². The number of hydrogen-bond acceptors (Lipinski definition) is 2. The van der Waals surface area contributed by atoms with E-state index in [9.17, 15) is 0 Å². The lowest BCUT2D eigenvalue weighted by molar-refractivity contribution is 0.418. The van der Waals surface area contributed by atoms with E-state index in [-0.39, 0.29) is 11.3 Å². The normalized spacial score (nSPS) is 18.7. The minimum atomic E-state index is -0.190. The zero-order chi connectivity index (χ0) is 40.3. The molecular weight excluding hydrogens is 715 g/mol. The summed E-state index contributed by atoms with van der Waals surface area (Å²) >= 11 is 0. The highest BCUT2D eigenvalue weighted by atomic mass is 16.3.